The van der Waals surface area contributed by atoms with Gasteiger partial charge in [0.1, 0.15) is 23.1 Å². The molecule has 0 unspecified atom stereocenters. The minimum Gasteiger partial charge on any atom is -0.497 e. The van der Waals surface area contributed by atoms with E-state index in [0.29, 0.717) is 24.3 Å². The van der Waals surface area contributed by atoms with Gasteiger partial charge in [-0.3, -0.25) is 9.69 Å². The summed E-state index contributed by atoms with van der Waals surface area (Å²) >= 11 is 0. The zero-order valence-corrected chi connectivity index (χ0v) is 28.0. The Morgan fingerprint density at radius 2 is 1.70 bits per heavy atom. The van der Waals surface area contributed by atoms with Gasteiger partial charge in [0.15, 0.2) is 0 Å². The van der Waals surface area contributed by atoms with Crippen molar-refractivity contribution in [3.8, 4) is 5.75 Å². The van der Waals surface area contributed by atoms with Crippen molar-refractivity contribution in [2.45, 2.75) is 81.2 Å². The normalized spacial score (nSPS) is 46.6. The van der Waals surface area contributed by atoms with Crippen molar-refractivity contribution in [2.24, 2.45) is 34.5 Å². The fourth-order valence-electron chi connectivity index (χ4n) is 12.4. The Balaban J connectivity index is 1.46. The Labute approximate surface area is 271 Å². The molecule has 5 saturated carbocycles. The number of aliphatic hydroxyl groups is 1. The number of nitrogens with zero attached hydrogens (tertiary/aromatic N) is 1. The summed E-state index contributed by atoms with van der Waals surface area (Å²) in [5.74, 6) is -1.38. The van der Waals surface area contributed by atoms with Crippen LogP contribution in [0.5, 0.6) is 5.75 Å². The smallest absolute Gasteiger partial charge is 0.338 e. The summed E-state index contributed by atoms with van der Waals surface area (Å²) in [5.41, 5.74) is -3.03. The van der Waals surface area contributed by atoms with Crippen molar-refractivity contribution in [1.82, 2.24) is 4.90 Å². The molecule has 1 aromatic carbocycles. The van der Waals surface area contributed by atoms with E-state index in [1.807, 2.05) is 0 Å². The van der Waals surface area contributed by atoms with Gasteiger partial charge in [-0.25, -0.2) is 4.79 Å². The average molecular weight is 644 g/mol. The molecule has 1 heterocycles. The molecule has 11 nitrogen and oxygen atoms in total. The van der Waals surface area contributed by atoms with Crippen molar-refractivity contribution in [3.63, 3.8) is 0 Å². The van der Waals surface area contributed by atoms with Gasteiger partial charge in [0.05, 0.1) is 37.6 Å². The van der Waals surface area contributed by atoms with Crippen LogP contribution < -0.4 is 4.74 Å². The van der Waals surface area contributed by atoms with Crippen molar-refractivity contribution in [3.05, 3.63) is 29.8 Å². The SMILES string of the molecule is CCN1C[C@@]2(COC)CC[C@H](OC)[C@@]34[C@@H]5C[C@@]6(O)[C@H](OC)C[C@](OC(C)=O)([C@H]5[C@@H]6OC(=O)c5ccc(OC)cc5)[C@@H]([C@@H](OC)[C@@H]23)[C@@H]14. The van der Waals surface area contributed by atoms with E-state index >= 15 is 0 Å². The Kier molecular flexibility index (Phi) is 7.81. The van der Waals surface area contributed by atoms with Crippen LogP contribution in [0, 0.1) is 34.5 Å². The summed E-state index contributed by atoms with van der Waals surface area (Å²) in [6.45, 7) is 5.80. The minimum absolute atomic E-state index is 0.00534. The summed E-state index contributed by atoms with van der Waals surface area (Å²) in [6, 6.07) is 6.66. The Morgan fingerprint density at radius 3 is 2.28 bits per heavy atom. The van der Waals surface area contributed by atoms with E-state index < -0.39 is 46.7 Å². The first kappa shape index (κ1) is 32.3. The molecule has 5 aliphatic carbocycles. The Morgan fingerprint density at radius 1 is 0.978 bits per heavy atom. The first-order chi connectivity index (χ1) is 22.1. The first-order valence-corrected chi connectivity index (χ1v) is 16.6. The van der Waals surface area contributed by atoms with Crippen molar-refractivity contribution >= 4 is 11.9 Å². The molecule has 1 N–H and O–H groups in total. The van der Waals surface area contributed by atoms with Crippen LogP contribution in [-0.2, 0) is 33.2 Å². The number of likely N-dealkylation sites (tertiary alicyclic amines) is 1. The fourth-order valence-corrected chi connectivity index (χ4v) is 12.4. The molecule has 0 amide bonds. The summed E-state index contributed by atoms with van der Waals surface area (Å²) in [5, 5.41) is 12.8. The molecule has 1 aromatic rings. The molecule has 11 heteroatoms. The highest BCUT2D eigenvalue weighted by Crippen LogP contribution is 2.80. The number of piperidine rings is 1. The maximum atomic E-state index is 13.9. The van der Waals surface area contributed by atoms with Gasteiger partial charge in [-0.15, -0.1) is 0 Å². The number of hydrogen-bond acceptors (Lipinski definition) is 11. The highest BCUT2D eigenvalue weighted by Gasteiger charge is 2.89. The topological polar surface area (TPSA) is 122 Å². The zero-order chi connectivity index (χ0) is 32.8. The lowest BCUT2D eigenvalue weighted by Crippen LogP contribution is -2.77. The second-order valence-electron chi connectivity index (χ2n) is 14.6. The van der Waals surface area contributed by atoms with Crippen molar-refractivity contribution in [2.75, 3.05) is 55.2 Å². The van der Waals surface area contributed by atoms with E-state index in [1.165, 1.54) is 6.92 Å². The fraction of sp³-hybridized carbons (Fsp3) is 0.771. The van der Waals surface area contributed by atoms with Crippen molar-refractivity contribution in [1.29, 1.82) is 0 Å². The number of fused-ring (bicyclic) bond motifs is 2. The summed E-state index contributed by atoms with van der Waals surface area (Å²) < 4.78 is 43.6. The van der Waals surface area contributed by atoms with Gasteiger partial charge in [0, 0.05) is 83.0 Å². The van der Waals surface area contributed by atoms with Gasteiger partial charge < -0.3 is 38.3 Å². The molecule has 46 heavy (non-hydrogen) atoms. The van der Waals surface area contributed by atoms with Gasteiger partial charge in [-0.1, -0.05) is 6.92 Å². The number of hydrogen-bond donors (Lipinski definition) is 1. The number of rotatable bonds is 10. The third-order valence-electron chi connectivity index (χ3n) is 13.3. The number of benzene rings is 1. The number of methoxy groups -OCH3 is 5. The van der Waals surface area contributed by atoms with E-state index in [2.05, 4.69) is 11.8 Å². The third-order valence-corrected chi connectivity index (χ3v) is 13.3. The molecular weight excluding hydrogens is 594 g/mol. The quantitative estimate of drug-likeness (QED) is 0.379. The molecule has 7 bridgehead atoms. The standard InChI is InChI=1S/C35H49NO10/c1-8-36-17-32(18-40-3)14-13-23(42-5)35-22-15-33(39)24(43-6)16-34(46-19(2)37,26(29(35)36)27(44-7)28(32)35)25(22)30(33)45-31(38)20-9-11-21(41-4)12-10-20/h9-12,22-30,39H,8,13-18H2,1-7H3/t22-,23+,24-,25-,26+,27-,28+,29-,30+,32-,33-,34+,35+/m1/s1. The number of carbonyl (C=O) groups is 2. The van der Waals surface area contributed by atoms with E-state index in [1.54, 1.807) is 59.8 Å². The molecule has 6 fully saturated rings. The lowest BCUT2D eigenvalue weighted by atomic mass is 9.43. The first-order valence-electron chi connectivity index (χ1n) is 16.6. The van der Waals surface area contributed by atoms with E-state index in [4.69, 9.17) is 33.2 Å². The number of carbonyl (C=O) groups excluding carboxylic acids is 2. The highest BCUT2D eigenvalue weighted by molar-refractivity contribution is 5.89. The lowest BCUT2D eigenvalue weighted by Gasteiger charge is -2.69. The van der Waals surface area contributed by atoms with Crippen LogP contribution in [0.15, 0.2) is 24.3 Å². The molecule has 7 rings (SSSR count). The number of ether oxygens (including phenoxy) is 7. The molecule has 254 valence electrons. The second-order valence-corrected chi connectivity index (χ2v) is 14.6. The third kappa shape index (κ3) is 3.87. The Bertz CT molecular complexity index is 1360. The van der Waals surface area contributed by atoms with Gasteiger partial charge in [0.2, 0.25) is 0 Å². The van der Waals surface area contributed by atoms with Crippen LogP contribution >= 0.6 is 0 Å². The zero-order valence-electron chi connectivity index (χ0n) is 28.0. The van der Waals surface area contributed by atoms with Crippen LogP contribution in [0.3, 0.4) is 0 Å². The van der Waals surface area contributed by atoms with Gasteiger partial charge in [0.25, 0.3) is 0 Å². The van der Waals surface area contributed by atoms with Crippen LogP contribution in [0.2, 0.25) is 0 Å². The highest BCUT2D eigenvalue weighted by atomic mass is 16.6. The monoisotopic (exact) mass is 643 g/mol. The van der Waals surface area contributed by atoms with Gasteiger partial charge in [-0.2, -0.15) is 0 Å². The van der Waals surface area contributed by atoms with E-state index in [9.17, 15) is 14.7 Å². The maximum Gasteiger partial charge on any atom is 0.338 e. The maximum absolute atomic E-state index is 13.9. The van der Waals surface area contributed by atoms with E-state index in [-0.39, 0.29) is 47.8 Å². The van der Waals surface area contributed by atoms with E-state index in [0.717, 1.165) is 25.9 Å². The molecule has 1 saturated heterocycles. The van der Waals surface area contributed by atoms with Crippen LogP contribution in [-0.4, -0.2) is 119 Å². The lowest BCUT2D eigenvalue weighted by molar-refractivity contribution is -0.287. The molecule has 13 atom stereocenters. The van der Waals surface area contributed by atoms with Crippen LogP contribution in [0.1, 0.15) is 49.9 Å². The molecule has 0 radical (unpaired) electrons. The van der Waals surface area contributed by atoms with Crippen molar-refractivity contribution < 1.29 is 47.9 Å². The molecule has 1 spiro atoms. The molecule has 1 aliphatic heterocycles. The second kappa shape index (κ2) is 11.1. The summed E-state index contributed by atoms with van der Waals surface area (Å²) in [4.78, 5) is 29.7. The molecular formula is C35H49NO10. The largest absolute Gasteiger partial charge is 0.497 e. The van der Waals surface area contributed by atoms with Crippen LogP contribution in [0.25, 0.3) is 0 Å². The Hall–Kier alpha value is -2.28. The number of esters is 2. The van der Waals surface area contributed by atoms with Crippen LogP contribution in [0.4, 0.5) is 0 Å². The minimum atomic E-state index is -1.51. The predicted molar refractivity (Wildman–Crippen MR) is 164 cm³/mol. The van der Waals surface area contributed by atoms with Gasteiger partial charge in [-0.05, 0) is 56.0 Å². The van der Waals surface area contributed by atoms with Gasteiger partial charge >= 0.3 is 11.9 Å². The summed E-state index contributed by atoms with van der Waals surface area (Å²) in [6.07, 6.45) is 0.142. The molecule has 6 aliphatic rings. The summed E-state index contributed by atoms with van der Waals surface area (Å²) in [7, 11) is 8.44. The molecule has 0 aromatic heterocycles. The predicted octanol–water partition coefficient (Wildman–Crippen LogP) is 2.72. The average Bonchev–Trinajstić information content (AvgIpc) is 3.42.